The predicted molar refractivity (Wildman–Crippen MR) is 70.1 cm³/mol. The molecule has 1 heterocycles. The van der Waals surface area contributed by atoms with Crippen molar-refractivity contribution >= 4 is 0 Å². The van der Waals surface area contributed by atoms with E-state index in [4.69, 9.17) is 11.2 Å². The van der Waals surface area contributed by atoms with Crippen LogP contribution in [0, 0.1) is 12.3 Å². The molecule has 1 aromatic rings. The van der Waals surface area contributed by atoms with Gasteiger partial charge in [0.2, 0.25) is 0 Å². The summed E-state index contributed by atoms with van der Waals surface area (Å²) in [5.41, 5.74) is 2.67. The van der Waals surface area contributed by atoms with E-state index in [-0.39, 0.29) is 0 Å². The van der Waals surface area contributed by atoms with Gasteiger partial charge < -0.3 is 10.1 Å². The molecule has 1 aromatic carbocycles. The van der Waals surface area contributed by atoms with E-state index in [2.05, 4.69) is 29.4 Å². The summed E-state index contributed by atoms with van der Waals surface area (Å²) < 4.78 is 5.52. The Hall–Kier alpha value is -1.46. The number of fused-ring (bicyclic) bond motifs is 1. The Bertz CT molecular complexity index is 419. The van der Waals surface area contributed by atoms with E-state index in [1.807, 2.05) is 7.05 Å². The van der Waals surface area contributed by atoms with Crippen LogP contribution in [-0.4, -0.2) is 13.7 Å². The van der Waals surface area contributed by atoms with Crippen molar-refractivity contribution in [1.82, 2.24) is 5.32 Å². The molecular weight excluding hydrogens is 210 g/mol. The van der Waals surface area contributed by atoms with Crippen molar-refractivity contribution in [2.45, 2.75) is 31.7 Å². The summed E-state index contributed by atoms with van der Waals surface area (Å²) in [5, 5.41) is 3.36. The van der Waals surface area contributed by atoms with Crippen molar-refractivity contribution in [3.63, 3.8) is 0 Å². The van der Waals surface area contributed by atoms with Crippen molar-refractivity contribution in [3.8, 4) is 18.1 Å². The summed E-state index contributed by atoms with van der Waals surface area (Å²) in [6.07, 6.45) is 9.32. The molecule has 0 radical (unpaired) electrons. The minimum absolute atomic E-state index is 0.397. The minimum atomic E-state index is 0.397. The Morgan fingerprint density at radius 1 is 1.53 bits per heavy atom. The Morgan fingerprint density at radius 3 is 3.18 bits per heavy atom. The van der Waals surface area contributed by atoms with Crippen LogP contribution in [-0.2, 0) is 6.42 Å². The summed E-state index contributed by atoms with van der Waals surface area (Å²) in [6, 6.07) is 6.90. The molecule has 0 saturated carbocycles. The fraction of sp³-hybridized carbons (Fsp3) is 0.467. The summed E-state index contributed by atoms with van der Waals surface area (Å²) >= 11 is 0. The van der Waals surface area contributed by atoms with Crippen LogP contribution in [0.5, 0.6) is 5.75 Å². The molecule has 0 spiro atoms. The summed E-state index contributed by atoms with van der Waals surface area (Å²) in [7, 11) is 2.00. The second kappa shape index (κ2) is 5.75. The van der Waals surface area contributed by atoms with Crippen LogP contribution < -0.4 is 10.1 Å². The van der Waals surface area contributed by atoms with E-state index in [1.54, 1.807) is 0 Å². The predicted octanol–water partition coefficient (Wildman–Crippen LogP) is 2.69. The molecule has 1 atom stereocenters. The maximum Gasteiger partial charge on any atom is 0.122 e. The van der Waals surface area contributed by atoms with Crippen molar-refractivity contribution in [1.29, 1.82) is 0 Å². The fourth-order valence-corrected chi connectivity index (χ4v) is 2.31. The van der Waals surface area contributed by atoms with Gasteiger partial charge in [-0.1, -0.05) is 12.1 Å². The number of benzene rings is 1. The van der Waals surface area contributed by atoms with Crippen LogP contribution in [0.25, 0.3) is 0 Å². The van der Waals surface area contributed by atoms with Gasteiger partial charge in [0, 0.05) is 18.9 Å². The lowest BCUT2D eigenvalue weighted by Crippen LogP contribution is -2.16. The molecule has 0 bridgehead atoms. The van der Waals surface area contributed by atoms with Gasteiger partial charge in [0.05, 0.1) is 6.61 Å². The molecule has 0 saturated heterocycles. The van der Waals surface area contributed by atoms with Crippen molar-refractivity contribution < 1.29 is 4.74 Å². The van der Waals surface area contributed by atoms with Crippen LogP contribution in [0.3, 0.4) is 0 Å². The quantitative estimate of drug-likeness (QED) is 0.619. The summed E-state index contributed by atoms with van der Waals surface area (Å²) in [6.45, 7) is 0.820. The number of ether oxygens (including phenoxy) is 1. The monoisotopic (exact) mass is 229 g/mol. The van der Waals surface area contributed by atoms with Crippen molar-refractivity contribution in [3.05, 3.63) is 29.3 Å². The Labute approximate surface area is 103 Å². The molecule has 1 aliphatic heterocycles. The van der Waals surface area contributed by atoms with E-state index in [0.717, 1.165) is 38.0 Å². The molecule has 2 heteroatoms. The molecule has 0 fully saturated rings. The highest BCUT2D eigenvalue weighted by atomic mass is 16.5. The van der Waals surface area contributed by atoms with Gasteiger partial charge in [0.15, 0.2) is 0 Å². The molecule has 2 rings (SSSR count). The molecule has 0 amide bonds. The zero-order chi connectivity index (χ0) is 12.1. The molecule has 0 aromatic heterocycles. The van der Waals surface area contributed by atoms with E-state index < -0.39 is 0 Å². The number of unbranched alkanes of at least 4 members (excludes halogenated alkanes) is 1. The SMILES string of the molecule is C#CCCCC(NC)c1ccc2c(c1)CCO2. The van der Waals surface area contributed by atoms with Gasteiger partial charge in [-0.05, 0) is 37.1 Å². The Kier molecular flexibility index (Phi) is 4.06. The van der Waals surface area contributed by atoms with Gasteiger partial charge in [0.1, 0.15) is 5.75 Å². The van der Waals surface area contributed by atoms with Gasteiger partial charge in [-0.25, -0.2) is 0 Å². The second-order valence-corrected chi connectivity index (χ2v) is 4.40. The zero-order valence-electron chi connectivity index (χ0n) is 10.3. The van der Waals surface area contributed by atoms with Crippen LogP contribution in [0.15, 0.2) is 18.2 Å². The normalized spacial score (nSPS) is 14.8. The highest BCUT2D eigenvalue weighted by Crippen LogP contribution is 2.29. The van der Waals surface area contributed by atoms with Gasteiger partial charge >= 0.3 is 0 Å². The maximum absolute atomic E-state index is 5.52. The van der Waals surface area contributed by atoms with Gasteiger partial charge in [-0.15, -0.1) is 12.3 Å². The highest BCUT2D eigenvalue weighted by Gasteiger charge is 2.15. The molecule has 1 unspecified atom stereocenters. The molecule has 2 nitrogen and oxygen atoms in total. The first kappa shape index (κ1) is 12.0. The van der Waals surface area contributed by atoms with Crippen LogP contribution in [0.1, 0.15) is 36.4 Å². The summed E-state index contributed by atoms with van der Waals surface area (Å²) in [5.74, 6) is 3.74. The molecule has 1 aliphatic rings. The van der Waals surface area contributed by atoms with Crippen LogP contribution in [0.2, 0.25) is 0 Å². The van der Waals surface area contributed by atoms with Gasteiger partial charge in [0.25, 0.3) is 0 Å². The zero-order valence-corrected chi connectivity index (χ0v) is 10.3. The number of terminal acetylenes is 1. The topological polar surface area (TPSA) is 21.3 Å². The number of hydrogen-bond acceptors (Lipinski definition) is 2. The fourth-order valence-electron chi connectivity index (χ4n) is 2.31. The van der Waals surface area contributed by atoms with Crippen LogP contribution >= 0.6 is 0 Å². The molecule has 17 heavy (non-hydrogen) atoms. The molecular formula is C15H19NO. The summed E-state index contributed by atoms with van der Waals surface area (Å²) in [4.78, 5) is 0. The third-order valence-corrected chi connectivity index (χ3v) is 3.28. The average molecular weight is 229 g/mol. The van der Waals surface area contributed by atoms with Crippen molar-refractivity contribution in [2.24, 2.45) is 0 Å². The lowest BCUT2D eigenvalue weighted by molar-refractivity contribution is 0.356. The van der Waals surface area contributed by atoms with Crippen molar-refractivity contribution in [2.75, 3.05) is 13.7 Å². The first-order chi connectivity index (χ1) is 8.35. The number of hydrogen-bond donors (Lipinski definition) is 1. The van der Waals surface area contributed by atoms with E-state index in [1.165, 1.54) is 11.1 Å². The lowest BCUT2D eigenvalue weighted by Gasteiger charge is -2.16. The van der Waals surface area contributed by atoms with E-state index >= 15 is 0 Å². The number of nitrogens with one attached hydrogen (secondary N) is 1. The van der Waals surface area contributed by atoms with Gasteiger partial charge in [-0.2, -0.15) is 0 Å². The first-order valence-electron chi connectivity index (χ1n) is 6.21. The third kappa shape index (κ3) is 2.81. The molecule has 90 valence electrons. The van der Waals surface area contributed by atoms with Crippen LogP contribution in [0.4, 0.5) is 0 Å². The smallest absolute Gasteiger partial charge is 0.122 e. The van der Waals surface area contributed by atoms with Gasteiger partial charge in [-0.3, -0.25) is 0 Å². The minimum Gasteiger partial charge on any atom is -0.493 e. The largest absolute Gasteiger partial charge is 0.493 e. The highest BCUT2D eigenvalue weighted by molar-refractivity contribution is 5.40. The average Bonchev–Trinajstić information content (AvgIpc) is 2.82. The Balaban J connectivity index is 2.06. The number of rotatable bonds is 5. The first-order valence-corrected chi connectivity index (χ1v) is 6.21. The van der Waals surface area contributed by atoms with E-state index in [0.29, 0.717) is 6.04 Å². The third-order valence-electron chi connectivity index (χ3n) is 3.28. The standard InChI is InChI=1S/C15H19NO/c1-3-4-5-6-14(16-2)12-7-8-15-13(11-12)9-10-17-15/h1,7-8,11,14,16H,4-6,9-10H2,2H3. The van der Waals surface area contributed by atoms with E-state index in [9.17, 15) is 0 Å². The Morgan fingerprint density at radius 2 is 2.41 bits per heavy atom. The molecule has 0 aliphatic carbocycles. The lowest BCUT2D eigenvalue weighted by atomic mass is 9.98. The second-order valence-electron chi connectivity index (χ2n) is 4.40. The molecule has 1 N–H and O–H groups in total. The maximum atomic E-state index is 5.52.